The van der Waals surface area contributed by atoms with Crippen molar-refractivity contribution in [3.63, 3.8) is 0 Å². The van der Waals surface area contributed by atoms with Crippen LogP contribution in [0.3, 0.4) is 0 Å². The molecule has 0 spiro atoms. The predicted octanol–water partition coefficient (Wildman–Crippen LogP) is 5.08. The number of halogens is 1. The van der Waals surface area contributed by atoms with Crippen LogP contribution in [0.5, 0.6) is 0 Å². The van der Waals surface area contributed by atoms with Gasteiger partial charge >= 0.3 is 0 Å². The summed E-state index contributed by atoms with van der Waals surface area (Å²) in [5, 5.41) is 3.01. The summed E-state index contributed by atoms with van der Waals surface area (Å²) in [4.78, 5) is 15.5. The second kappa shape index (κ2) is 13.9. The molecule has 1 atom stereocenters. The fourth-order valence-electron chi connectivity index (χ4n) is 5.77. The van der Waals surface area contributed by atoms with E-state index >= 15 is 0 Å². The number of nitrogens with one attached hydrogen (secondary N) is 2. The molecular formula is C33H40FN3O4S. The minimum atomic E-state index is -3.68. The van der Waals surface area contributed by atoms with Crippen LogP contribution in [0.2, 0.25) is 0 Å². The summed E-state index contributed by atoms with van der Waals surface area (Å²) in [7, 11) is -3.68. The Morgan fingerprint density at radius 2 is 1.64 bits per heavy atom. The normalized spacial score (nSPS) is 20.6. The predicted molar refractivity (Wildman–Crippen MR) is 162 cm³/mol. The van der Waals surface area contributed by atoms with Gasteiger partial charge in [0.1, 0.15) is 5.82 Å². The van der Waals surface area contributed by atoms with E-state index in [9.17, 15) is 17.6 Å². The zero-order chi connectivity index (χ0) is 29.5. The highest BCUT2D eigenvalue weighted by Gasteiger charge is 2.30. The highest BCUT2D eigenvalue weighted by atomic mass is 32.2. The fraction of sp³-hybridized carbons (Fsp3) is 0.424. The average molecular weight is 594 g/mol. The summed E-state index contributed by atoms with van der Waals surface area (Å²) in [6.45, 7) is 6.40. The Labute approximate surface area is 248 Å². The lowest BCUT2D eigenvalue weighted by Crippen LogP contribution is -2.41. The Morgan fingerprint density at radius 3 is 2.33 bits per heavy atom. The zero-order valence-corrected chi connectivity index (χ0v) is 24.9. The van der Waals surface area contributed by atoms with E-state index in [1.165, 1.54) is 17.7 Å². The van der Waals surface area contributed by atoms with E-state index in [0.29, 0.717) is 25.7 Å². The van der Waals surface area contributed by atoms with E-state index in [1.807, 2.05) is 19.1 Å². The van der Waals surface area contributed by atoms with Crippen LogP contribution in [0.4, 0.5) is 4.39 Å². The molecule has 5 rings (SSSR count). The lowest BCUT2D eigenvalue weighted by molar-refractivity contribution is -0.126. The van der Waals surface area contributed by atoms with Crippen molar-refractivity contribution in [3.05, 3.63) is 89.7 Å². The molecule has 0 radical (unpaired) electrons. The number of hydrogen-bond acceptors (Lipinski definition) is 5. The Morgan fingerprint density at radius 1 is 0.952 bits per heavy atom. The fourth-order valence-corrected chi connectivity index (χ4v) is 7.08. The van der Waals surface area contributed by atoms with Gasteiger partial charge in [0.15, 0.2) is 0 Å². The van der Waals surface area contributed by atoms with Crippen molar-refractivity contribution in [1.82, 2.24) is 14.9 Å². The average Bonchev–Trinajstić information content (AvgIpc) is 3.01. The molecule has 0 unspecified atom stereocenters. The van der Waals surface area contributed by atoms with Gasteiger partial charge in [-0.3, -0.25) is 9.69 Å². The number of sulfonamides is 1. The molecule has 3 aromatic rings. The Kier molecular flexibility index (Phi) is 10.1. The Hall–Kier alpha value is -3.11. The third-order valence-corrected chi connectivity index (χ3v) is 9.93. The SMILES string of the molecule is C[C@@H](NC(=O)C1CCC(NS(=O)(=O)c2ccc(-c3cccc(CCN4CCOCC4)c3)cc2)CC1)c1ccc(F)cc1. The van der Waals surface area contributed by atoms with Crippen LogP contribution in [0.1, 0.15) is 49.8 Å². The van der Waals surface area contributed by atoms with E-state index in [4.69, 9.17) is 4.74 Å². The first-order valence-electron chi connectivity index (χ1n) is 14.8. The molecule has 2 N–H and O–H groups in total. The van der Waals surface area contributed by atoms with Crippen LogP contribution < -0.4 is 10.0 Å². The minimum absolute atomic E-state index is 0.0473. The largest absolute Gasteiger partial charge is 0.379 e. The molecule has 7 nitrogen and oxygen atoms in total. The number of rotatable bonds is 10. The van der Waals surface area contributed by atoms with Crippen LogP contribution in [0.25, 0.3) is 11.1 Å². The van der Waals surface area contributed by atoms with Crippen molar-refractivity contribution in [2.45, 2.75) is 56.0 Å². The van der Waals surface area contributed by atoms with Crippen LogP contribution in [0.15, 0.2) is 77.7 Å². The molecule has 1 aliphatic carbocycles. The molecule has 224 valence electrons. The number of nitrogens with zero attached hydrogens (tertiary/aromatic N) is 1. The number of benzene rings is 3. The van der Waals surface area contributed by atoms with Gasteiger partial charge in [-0.1, -0.05) is 48.5 Å². The van der Waals surface area contributed by atoms with Crippen molar-refractivity contribution in [2.24, 2.45) is 5.92 Å². The quantitative estimate of drug-likeness (QED) is 0.342. The van der Waals surface area contributed by atoms with Gasteiger partial charge in [0, 0.05) is 31.6 Å². The van der Waals surface area contributed by atoms with Crippen molar-refractivity contribution >= 4 is 15.9 Å². The van der Waals surface area contributed by atoms with Crippen LogP contribution >= 0.6 is 0 Å². The summed E-state index contributed by atoms with van der Waals surface area (Å²) in [6.07, 6.45) is 3.36. The Balaban J connectivity index is 1.11. The van der Waals surface area contributed by atoms with Crippen LogP contribution in [-0.2, 0) is 26.0 Å². The second-order valence-electron chi connectivity index (χ2n) is 11.4. The smallest absolute Gasteiger partial charge is 0.240 e. The summed E-state index contributed by atoms with van der Waals surface area (Å²) < 4.78 is 47.8. The third kappa shape index (κ3) is 8.04. The van der Waals surface area contributed by atoms with Crippen LogP contribution in [0, 0.1) is 11.7 Å². The first-order valence-corrected chi connectivity index (χ1v) is 16.3. The summed E-state index contributed by atoms with van der Waals surface area (Å²) >= 11 is 0. The highest BCUT2D eigenvalue weighted by Crippen LogP contribution is 2.28. The minimum Gasteiger partial charge on any atom is -0.379 e. The molecule has 9 heteroatoms. The molecule has 2 aliphatic rings. The maximum atomic E-state index is 13.2. The van der Waals surface area contributed by atoms with E-state index in [-0.39, 0.29) is 34.6 Å². The number of morpholine rings is 1. The summed E-state index contributed by atoms with van der Waals surface area (Å²) in [6, 6.07) is 21.1. The molecule has 1 saturated carbocycles. The number of ether oxygens (including phenoxy) is 1. The molecule has 0 aromatic heterocycles. The van der Waals surface area contributed by atoms with E-state index in [0.717, 1.165) is 56.0 Å². The van der Waals surface area contributed by atoms with Gasteiger partial charge in [0.25, 0.3) is 0 Å². The topological polar surface area (TPSA) is 87.7 Å². The number of carbonyl (C=O) groups excluding carboxylic acids is 1. The van der Waals surface area contributed by atoms with E-state index in [2.05, 4.69) is 39.2 Å². The van der Waals surface area contributed by atoms with E-state index < -0.39 is 10.0 Å². The number of carbonyl (C=O) groups is 1. The van der Waals surface area contributed by atoms with Crippen molar-refractivity contribution in [2.75, 3.05) is 32.8 Å². The standard InChI is InChI=1S/C33H40FN3O4S/c1-24(26-5-11-30(34)12-6-26)35-33(38)28-7-13-31(14-8-28)36-42(39,40)32-15-9-27(10-16-32)29-4-2-3-25(23-29)17-18-37-19-21-41-22-20-37/h2-6,9-12,15-16,23-24,28,31,36H,7-8,13-14,17-22H2,1H3,(H,35,38)/t24-,28?,31?/m1/s1. The van der Waals surface area contributed by atoms with Crippen molar-refractivity contribution in [3.8, 4) is 11.1 Å². The van der Waals surface area contributed by atoms with Crippen LogP contribution in [-0.4, -0.2) is 58.1 Å². The molecule has 42 heavy (non-hydrogen) atoms. The molecule has 1 aliphatic heterocycles. The van der Waals surface area contributed by atoms with Gasteiger partial charge in [0.2, 0.25) is 15.9 Å². The van der Waals surface area contributed by atoms with Gasteiger partial charge in [-0.25, -0.2) is 17.5 Å². The highest BCUT2D eigenvalue weighted by molar-refractivity contribution is 7.89. The van der Waals surface area contributed by atoms with Gasteiger partial charge in [-0.05, 0) is 85.5 Å². The third-order valence-electron chi connectivity index (χ3n) is 8.39. The van der Waals surface area contributed by atoms with Gasteiger partial charge < -0.3 is 10.1 Å². The van der Waals surface area contributed by atoms with Gasteiger partial charge in [0.05, 0.1) is 24.2 Å². The molecule has 2 fully saturated rings. The summed E-state index contributed by atoms with van der Waals surface area (Å²) in [5.74, 6) is -0.527. The molecule has 3 aromatic carbocycles. The number of amides is 1. The van der Waals surface area contributed by atoms with Gasteiger partial charge in [-0.2, -0.15) is 0 Å². The summed E-state index contributed by atoms with van der Waals surface area (Å²) in [5.41, 5.74) is 4.14. The molecule has 1 saturated heterocycles. The van der Waals surface area contributed by atoms with Crippen molar-refractivity contribution < 1.29 is 22.3 Å². The monoisotopic (exact) mass is 593 g/mol. The first kappa shape index (κ1) is 30.4. The maximum Gasteiger partial charge on any atom is 0.240 e. The molecule has 1 heterocycles. The lowest BCUT2D eigenvalue weighted by atomic mass is 9.85. The zero-order valence-electron chi connectivity index (χ0n) is 24.1. The first-order chi connectivity index (χ1) is 20.3. The lowest BCUT2D eigenvalue weighted by Gasteiger charge is -2.29. The molecule has 1 amide bonds. The van der Waals surface area contributed by atoms with Gasteiger partial charge in [-0.15, -0.1) is 0 Å². The molecule has 0 bridgehead atoms. The molecular weight excluding hydrogens is 553 g/mol. The maximum absolute atomic E-state index is 13.2. The number of hydrogen-bond donors (Lipinski definition) is 2. The van der Waals surface area contributed by atoms with Crippen molar-refractivity contribution in [1.29, 1.82) is 0 Å². The second-order valence-corrected chi connectivity index (χ2v) is 13.1. The van der Waals surface area contributed by atoms with E-state index in [1.54, 1.807) is 24.3 Å². The Bertz CT molecular complexity index is 1430.